The molecule has 0 unspecified atom stereocenters. The fourth-order valence-corrected chi connectivity index (χ4v) is 3.62. The lowest BCUT2D eigenvalue weighted by Gasteiger charge is -2.07. The summed E-state index contributed by atoms with van der Waals surface area (Å²) in [5.74, 6) is 0.336. The first-order valence-corrected chi connectivity index (χ1v) is 9.65. The van der Waals surface area contributed by atoms with Crippen LogP contribution in [0.1, 0.15) is 70.3 Å². The summed E-state index contributed by atoms with van der Waals surface area (Å²) < 4.78 is 0. The zero-order valence-electron chi connectivity index (χ0n) is 13.9. The summed E-state index contributed by atoms with van der Waals surface area (Å²) in [6.07, 6.45) is 12.2. The lowest BCUT2D eigenvalue weighted by molar-refractivity contribution is -0.136. The van der Waals surface area contributed by atoms with E-state index in [2.05, 4.69) is 6.92 Å². The van der Waals surface area contributed by atoms with Crippen LogP contribution in [-0.2, 0) is 11.2 Å². The Bertz CT molecular complexity index is 418. The number of carboxylic acid groups (broad SMARTS) is 1. The molecule has 0 aliphatic heterocycles. The molecule has 0 aliphatic rings. The number of benzene rings is 1. The molecule has 3 heteroatoms. The van der Waals surface area contributed by atoms with Crippen LogP contribution >= 0.6 is 11.8 Å². The van der Waals surface area contributed by atoms with Gasteiger partial charge in [0, 0.05) is 4.90 Å². The first kappa shape index (κ1) is 19.1. The van der Waals surface area contributed by atoms with Crippen LogP contribution in [0.4, 0.5) is 0 Å². The van der Waals surface area contributed by atoms with Crippen LogP contribution < -0.4 is 0 Å². The van der Waals surface area contributed by atoms with E-state index in [1.165, 1.54) is 57.8 Å². The van der Waals surface area contributed by atoms with E-state index in [-0.39, 0.29) is 6.42 Å². The summed E-state index contributed by atoms with van der Waals surface area (Å²) in [4.78, 5) is 12.0. The lowest BCUT2D eigenvalue weighted by Crippen LogP contribution is -2.01. The van der Waals surface area contributed by atoms with Crippen molar-refractivity contribution in [1.82, 2.24) is 0 Å². The van der Waals surface area contributed by atoms with Crippen LogP contribution in [0.25, 0.3) is 0 Å². The fourth-order valence-electron chi connectivity index (χ4n) is 2.55. The summed E-state index contributed by atoms with van der Waals surface area (Å²) in [6, 6.07) is 7.87. The van der Waals surface area contributed by atoms with Crippen molar-refractivity contribution in [3.63, 3.8) is 0 Å². The summed E-state index contributed by atoms with van der Waals surface area (Å²) in [5, 5.41) is 8.93. The number of carbonyl (C=O) groups is 1. The predicted octanol–water partition coefficient (Wildman–Crippen LogP) is 5.94. The van der Waals surface area contributed by atoms with Crippen LogP contribution in [0.3, 0.4) is 0 Å². The van der Waals surface area contributed by atoms with Gasteiger partial charge in [-0.15, -0.1) is 11.8 Å². The van der Waals surface area contributed by atoms with Gasteiger partial charge in [-0.25, -0.2) is 0 Å². The number of hydrogen-bond donors (Lipinski definition) is 1. The molecule has 1 aromatic carbocycles. The second-order valence-electron chi connectivity index (χ2n) is 5.86. The molecule has 0 heterocycles. The molecule has 0 bridgehead atoms. The number of carboxylic acids is 1. The number of unbranched alkanes of at least 4 members (excludes halogenated alkanes) is 8. The van der Waals surface area contributed by atoms with Gasteiger partial charge >= 0.3 is 5.97 Å². The highest BCUT2D eigenvalue weighted by atomic mass is 32.2. The minimum atomic E-state index is -0.754. The van der Waals surface area contributed by atoms with Crippen molar-refractivity contribution in [2.24, 2.45) is 0 Å². The lowest BCUT2D eigenvalue weighted by atomic mass is 10.1. The molecule has 1 aromatic rings. The molecule has 0 atom stereocenters. The average molecular weight is 323 g/mol. The molecule has 22 heavy (non-hydrogen) atoms. The first-order valence-electron chi connectivity index (χ1n) is 8.66. The summed E-state index contributed by atoms with van der Waals surface area (Å²) in [6.45, 7) is 2.26. The van der Waals surface area contributed by atoms with Gasteiger partial charge in [0.05, 0.1) is 6.42 Å². The van der Waals surface area contributed by atoms with Gasteiger partial charge in [-0.05, 0) is 23.8 Å². The largest absolute Gasteiger partial charge is 0.481 e. The molecule has 0 fully saturated rings. The molecule has 0 saturated carbocycles. The van der Waals surface area contributed by atoms with Crippen molar-refractivity contribution in [3.05, 3.63) is 29.8 Å². The monoisotopic (exact) mass is 322 g/mol. The van der Waals surface area contributed by atoms with E-state index in [0.717, 1.165) is 16.2 Å². The van der Waals surface area contributed by atoms with Crippen LogP contribution in [0.5, 0.6) is 0 Å². The first-order chi connectivity index (χ1) is 10.7. The smallest absolute Gasteiger partial charge is 0.307 e. The molecule has 1 N–H and O–H groups in total. The zero-order valence-corrected chi connectivity index (χ0v) is 14.7. The number of aliphatic carboxylic acids is 1. The maximum absolute atomic E-state index is 10.9. The highest BCUT2D eigenvalue weighted by Crippen LogP contribution is 2.24. The second-order valence-corrected chi connectivity index (χ2v) is 6.99. The fraction of sp³-hybridized carbons (Fsp3) is 0.632. The minimum absolute atomic E-state index is 0.126. The maximum atomic E-state index is 10.9. The number of thioether (sulfide) groups is 1. The SMILES string of the molecule is CCCCCCCCCCCSc1ccccc1CC(=O)O. The summed E-state index contributed by atoms with van der Waals surface area (Å²) in [7, 11) is 0. The number of rotatable bonds is 13. The normalized spacial score (nSPS) is 10.8. The minimum Gasteiger partial charge on any atom is -0.481 e. The van der Waals surface area contributed by atoms with Crippen LogP contribution in [0.15, 0.2) is 29.2 Å². The molecule has 0 saturated heterocycles. The third kappa shape index (κ3) is 9.14. The Morgan fingerprint density at radius 1 is 0.955 bits per heavy atom. The van der Waals surface area contributed by atoms with E-state index in [4.69, 9.17) is 5.11 Å². The van der Waals surface area contributed by atoms with E-state index >= 15 is 0 Å². The Labute approximate surface area is 139 Å². The third-order valence-corrected chi connectivity index (χ3v) is 5.02. The van der Waals surface area contributed by atoms with Gasteiger partial charge in [-0.3, -0.25) is 4.79 Å². The Balaban J connectivity index is 2.08. The Kier molecular flexibility index (Phi) is 10.9. The average Bonchev–Trinajstić information content (AvgIpc) is 2.50. The molecule has 0 aromatic heterocycles. The topological polar surface area (TPSA) is 37.3 Å². The standard InChI is InChI=1S/C19H30O2S/c1-2-3-4-5-6-7-8-9-12-15-22-18-14-11-10-13-17(18)16-19(20)21/h10-11,13-14H,2-9,12,15-16H2,1H3,(H,20,21). The van der Waals surface area contributed by atoms with Gasteiger partial charge in [0.2, 0.25) is 0 Å². The molecule has 2 nitrogen and oxygen atoms in total. The quantitative estimate of drug-likeness (QED) is 0.361. The third-order valence-electron chi connectivity index (χ3n) is 3.82. The van der Waals surface area contributed by atoms with E-state index in [0.29, 0.717) is 0 Å². The highest BCUT2D eigenvalue weighted by Gasteiger charge is 2.06. The van der Waals surface area contributed by atoms with Crippen molar-refractivity contribution in [3.8, 4) is 0 Å². The van der Waals surface area contributed by atoms with Gasteiger partial charge < -0.3 is 5.11 Å². The molecule has 0 radical (unpaired) electrons. The summed E-state index contributed by atoms with van der Waals surface area (Å²) in [5.41, 5.74) is 0.941. The van der Waals surface area contributed by atoms with E-state index < -0.39 is 5.97 Å². The maximum Gasteiger partial charge on any atom is 0.307 e. The second kappa shape index (κ2) is 12.6. The Morgan fingerprint density at radius 3 is 2.18 bits per heavy atom. The molecule has 0 aliphatic carbocycles. The molecule has 124 valence electrons. The Morgan fingerprint density at radius 2 is 1.55 bits per heavy atom. The van der Waals surface area contributed by atoms with Crippen LogP contribution in [-0.4, -0.2) is 16.8 Å². The predicted molar refractivity (Wildman–Crippen MR) is 95.7 cm³/mol. The summed E-state index contributed by atoms with van der Waals surface area (Å²) >= 11 is 1.80. The highest BCUT2D eigenvalue weighted by molar-refractivity contribution is 7.99. The molecule has 1 rings (SSSR count). The molecular formula is C19H30O2S. The van der Waals surface area contributed by atoms with Gasteiger partial charge in [-0.1, -0.05) is 76.5 Å². The van der Waals surface area contributed by atoms with E-state index in [1.807, 2.05) is 24.3 Å². The van der Waals surface area contributed by atoms with E-state index in [1.54, 1.807) is 11.8 Å². The molecule has 0 spiro atoms. The van der Waals surface area contributed by atoms with E-state index in [9.17, 15) is 4.79 Å². The van der Waals surface area contributed by atoms with Crippen molar-refractivity contribution in [2.75, 3.05) is 5.75 Å². The zero-order chi connectivity index (χ0) is 16.0. The Hall–Kier alpha value is -0.960. The van der Waals surface area contributed by atoms with Crippen molar-refractivity contribution < 1.29 is 9.90 Å². The van der Waals surface area contributed by atoms with Crippen LogP contribution in [0, 0.1) is 0 Å². The van der Waals surface area contributed by atoms with Crippen molar-refractivity contribution in [2.45, 2.75) is 76.0 Å². The van der Waals surface area contributed by atoms with Crippen LogP contribution in [0.2, 0.25) is 0 Å². The molecular weight excluding hydrogens is 292 g/mol. The van der Waals surface area contributed by atoms with Gasteiger partial charge in [-0.2, -0.15) is 0 Å². The van der Waals surface area contributed by atoms with Gasteiger partial charge in [0.25, 0.3) is 0 Å². The number of hydrogen-bond acceptors (Lipinski definition) is 2. The van der Waals surface area contributed by atoms with Crippen molar-refractivity contribution in [1.29, 1.82) is 0 Å². The molecule has 0 amide bonds. The van der Waals surface area contributed by atoms with Gasteiger partial charge in [0.15, 0.2) is 0 Å². The van der Waals surface area contributed by atoms with Crippen molar-refractivity contribution >= 4 is 17.7 Å². The van der Waals surface area contributed by atoms with Gasteiger partial charge in [0.1, 0.15) is 0 Å².